The molecule has 1 N–H and O–H groups in total. The van der Waals surface area contributed by atoms with Gasteiger partial charge in [-0.2, -0.15) is 13.2 Å². The number of anilines is 1. The van der Waals surface area contributed by atoms with Gasteiger partial charge in [0.1, 0.15) is 5.54 Å². The highest BCUT2D eigenvalue weighted by Gasteiger charge is 2.51. The van der Waals surface area contributed by atoms with Crippen molar-refractivity contribution in [2.45, 2.75) is 43.4 Å². The Hall–Kier alpha value is -2.87. The minimum absolute atomic E-state index is 0.254. The van der Waals surface area contributed by atoms with E-state index in [0.717, 1.165) is 55.4 Å². The first-order valence-corrected chi connectivity index (χ1v) is 14.3. The lowest BCUT2D eigenvalue weighted by atomic mass is 10.0. The number of carbonyl (C=O) groups excluding carboxylic acids is 2. The van der Waals surface area contributed by atoms with Crippen LogP contribution in [0.5, 0.6) is 0 Å². The van der Waals surface area contributed by atoms with Gasteiger partial charge in [-0.05, 0) is 75.5 Å². The molecule has 2 saturated heterocycles. The van der Waals surface area contributed by atoms with Crippen molar-refractivity contribution < 1.29 is 32.7 Å². The van der Waals surface area contributed by atoms with Gasteiger partial charge in [-0.1, -0.05) is 11.6 Å². The lowest BCUT2D eigenvalue weighted by molar-refractivity contribution is -0.192. The van der Waals surface area contributed by atoms with Gasteiger partial charge in [-0.15, -0.1) is 11.8 Å². The van der Waals surface area contributed by atoms with Crippen molar-refractivity contribution in [3.63, 3.8) is 0 Å². The number of benzene rings is 1. The van der Waals surface area contributed by atoms with Gasteiger partial charge in [0.25, 0.3) is 5.91 Å². The monoisotopic (exact) mass is 615 g/mol. The number of urea groups is 1. The summed E-state index contributed by atoms with van der Waals surface area (Å²) >= 11 is 8.29. The number of rotatable bonds is 8. The Balaban J connectivity index is 0.000000587. The van der Waals surface area contributed by atoms with E-state index in [4.69, 9.17) is 21.5 Å². The van der Waals surface area contributed by atoms with Gasteiger partial charge in [0.05, 0.1) is 10.7 Å². The number of aromatic nitrogens is 1. The maximum atomic E-state index is 13.3. The predicted octanol–water partition coefficient (Wildman–Crippen LogP) is 4.85. The van der Waals surface area contributed by atoms with Gasteiger partial charge >= 0.3 is 18.2 Å². The number of thioether (sulfide) groups is 1. The summed E-state index contributed by atoms with van der Waals surface area (Å²) < 4.78 is 31.7. The first-order chi connectivity index (χ1) is 19.2. The molecule has 0 unspecified atom stereocenters. The Bertz CT molecular complexity index is 1230. The topological polar surface area (TPSA) is 97.3 Å². The number of halogens is 4. The number of alkyl halides is 3. The summed E-state index contributed by atoms with van der Waals surface area (Å²) in [6.45, 7) is 9.50. The SMILES string of the molecule is CN1CCN(CCCSc2ccc(N3C(=O)N(Cc4ccncc4)C(C)(C)C3=O)cc2Cl)CC1.O=C(O)C(F)(F)F. The highest BCUT2D eigenvalue weighted by Crippen LogP contribution is 2.37. The molecule has 224 valence electrons. The zero-order valence-electron chi connectivity index (χ0n) is 23.0. The molecule has 2 aliphatic heterocycles. The van der Waals surface area contributed by atoms with Crippen LogP contribution in [0.3, 0.4) is 0 Å². The molecule has 3 heterocycles. The minimum atomic E-state index is -5.08. The van der Waals surface area contributed by atoms with Gasteiger partial charge in [0.2, 0.25) is 0 Å². The summed E-state index contributed by atoms with van der Waals surface area (Å²) in [5, 5.41) is 7.69. The third-order valence-electron chi connectivity index (χ3n) is 6.80. The van der Waals surface area contributed by atoms with Crippen LogP contribution >= 0.6 is 23.4 Å². The van der Waals surface area contributed by atoms with Crippen LogP contribution in [-0.4, -0.2) is 99.9 Å². The van der Waals surface area contributed by atoms with E-state index in [0.29, 0.717) is 17.3 Å². The van der Waals surface area contributed by atoms with E-state index in [1.165, 1.54) is 4.90 Å². The average molecular weight is 616 g/mol. The number of likely N-dealkylation sites (N-methyl/N-ethyl adjacent to an activating group) is 1. The minimum Gasteiger partial charge on any atom is -0.475 e. The van der Waals surface area contributed by atoms with Gasteiger partial charge in [0.15, 0.2) is 0 Å². The van der Waals surface area contributed by atoms with E-state index in [9.17, 15) is 22.8 Å². The molecule has 2 aliphatic rings. The number of piperazine rings is 1. The molecule has 1 aromatic carbocycles. The smallest absolute Gasteiger partial charge is 0.475 e. The molecular weight excluding hydrogens is 583 g/mol. The zero-order chi connectivity index (χ0) is 30.4. The Morgan fingerprint density at radius 2 is 1.71 bits per heavy atom. The van der Waals surface area contributed by atoms with Gasteiger partial charge in [-0.3, -0.25) is 9.78 Å². The van der Waals surface area contributed by atoms with Crippen molar-refractivity contribution in [2.24, 2.45) is 0 Å². The third kappa shape index (κ3) is 8.57. The molecule has 0 bridgehead atoms. The molecule has 41 heavy (non-hydrogen) atoms. The molecule has 0 saturated carbocycles. The van der Waals surface area contributed by atoms with E-state index in [1.807, 2.05) is 24.3 Å². The number of hydrogen-bond acceptors (Lipinski definition) is 7. The van der Waals surface area contributed by atoms with Crippen molar-refractivity contribution >= 4 is 47.0 Å². The maximum absolute atomic E-state index is 13.3. The van der Waals surface area contributed by atoms with E-state index < -0.39 is 17.7 Å². The van der Waals surface area contributed by atoms with E-state index in [2.05, 4.69) is 21.8 Å². The fourth-order valence-electron chi connectivity index (χ4n) is 4.29. The summed E-state index contributed by atoms with van der Waals surface area (Å²) in [6, 6.07) is 8.82. The summed E-state index contributed by atoms with van der Waals surface area (Å²) in [5.41, 5.74) is 0.475. The van der Waals surface area contributed by atoms with Crippen LogP contribution in [0.1, 0.15) is 25.8 Å². The third-order valence-corrected chi connectivity index (χ3v) is 8.39. The second-order valence-corrected chi connectivity index (χ2v) is 11.7. The molecule has 0 atom stereocenters. The number of imide groups is 1. The van der Waals surface area contributed by atoms with Crippen LogP contribution in [0.4, 0.5) is 23.7 Å². The number of amides is 3. The van der Waals surface area contributed by atoms with Gasteiger partial charge < -0.3 is 19.8 Å². The lowest BCUT2D eigenvalue weighted by Gasteiger charge is -2.32. The second-order valence-electron chi connectivity index (χ2n) is 10.2. The quantitative estimate of drug-likeness (QED) is 0.256. The highest BCUT2D eigenvalue weighted by molar-refractivity contribution is 7.99. The molecule has 1 aromatic heterocycles. The largest absolute Gasteiger partial charge is 0.490 e. The first kappa shape index (κ1) is 32.6. The van der Waals surface area contributed by atoms with E-state index in [1.54, 1.807) is 49.0 Å². The Morgan fingerprint density at radius 1 is 1.10 bits per heavy atom. The first-order valence-electron chi connectivity index (χ1n) is 12.9. The molecule has 4 rings (SSSR count). The zero-order valence-corrected chi connectivity index (χ0v) is 24.6. The summed E-state index contributed by atoms with van der Waals surface area (Å²) in [4.78, 5) is 48.1. The second kappa shape index (κ2) is 13.9. The molecule has 0 aliphatic carbocycles. The van der Waals surface area contributed by atoms with Gasteiger partial charge in [-0.25, -0.2) is 14.5 Å². The molecule has 0 spiro atoms. The molecular formula is C27H33ClF3N5O4S. The van der Waals surface area contributed by atoms with Crippen LogP contribution in [-0.2, 0) is 16.1 Å². The van der Waals surface area contributed by atoms with Crippen LogP contribution < -0.4 is 4.90 Å². The van der Waals surface area contributed by atoms with Crippen molar-refractivity contribution in [3.8, 4) is 0 Å². The Kier molecular flexibility index (Phi) is 11.0. The molecule has 0 radical (unpaired) electrons. The molecule has 2 aromatic rings. The van der Waals surface area contributed by atoms with Crippen LogP contribution in [0, 0.1) is 0 Å². The molecule has 2 fully saturated rings. The number of aliphatic carboxylic acids is 1. The van der Waals surface area contributed by atoms with E-state index >= 15 is 0 Å². The van der Waals surface area contributed by atoms with Gasteiger partial charge in [0, 0.05) is 50.0 Å². The molecule has 3 amide bonds. The van der Waals surface area contributed by atoms with Crippen molar-refractivity contribution in [3.05, 3.63) is 53.3 Å². The average Bonchev–Trinajstić information content (AvgIpc) is 3.08. The number of nitrogens with zero attached hydrogens (tertiary/aromatic N) is 5. The Labute approximate surface area is 246 Å². The van der Waals surface area contributed by atoms with Crippen molar-refractivity contribution in [2.75, 3.05) is 50.4 Å². The lowest BCUT2D eigenvalue weighted by Crippen LogP contribution is -2.44. The molecule has 14 heteroatoms. The normalized spacial score (nSPS) is 17.9. The number of carboxylic acids is 1. The van der Waals surface area contributed by atoms with Crippen molar-refractivity contribution in [1.82, 2.24) is 19.7 Å². The summed E-state index contributed by atoms with van der Waals surface area (Å²) in [5.74, 6) is -2.04. The van der Waals surface area contributed by atoms with E-state index in [-0.39, 0.29) is 11.9 Å². The van der Waals surface area contributed by atoms with Crippen LogP contribution in [0.15, 0.2) is 47.6 Å². The Morgan fingerprint density at radius 3 is 2.27 bits per heavy atom. The number of carboxylic acid groups (broad SMARTS) is 1. The standard InChI is InChI=1S/C25H32ClN5O2S.C2HF3O2/c1-25(2)23(32)31(24(33)30(25)18-19-7-9-27-10-8-19)20-5-6-22(21(26)17-20)34-16-4-11-29-14-12-28(3)13-15-29;3-2(4,5)1(6)7/h5-10,17H,4,11-16,18H2,1-3H3;(H,6,7). The predicted molar refractivity (Wildman–Crippen MR) is 151 cm³/mol. The molecule has 9 nitrogen and oxygen atoms in total. The fourth-order valence-corrected chi connectivity index (χ4v) is 5.48. The number of pyridine rings is 1. The highest BCUT2D eigenvalue weighted by atomic mass is 35.5. The maximum Gasteiger partial charge on any atom is 0.490 e. The van der Waals surface area contributed by atoms with Crippen LogP contribution in [0.2, 0.25) is 5.02 Å². The number of hydrogen-bond donors (Lipinski definition) is 1. The van der Waals surface area contributed by atoms with Crippen molar-refractivity contribution in [1.29, 1.82) is 0 Å². The van der Waals surface area contributed by atoms with Crippen LogP contribution in [0.25, 0.3) is 0 Å². The summed E-state index contributed by atoms with van der Waals surface area (Å²) in [7, 11) is 2.17. The summed E-state index contributed by atoms with van der Waals surface area (Å²) in [6.07, 6.45) is -0.624. The fraction of sp³-hybridized carbons (Fsp3) is 0.481. The number of carbonyl (C=O) groups is 3.